The van der Waals surface area contributed by atoms with Crippen LogP contribution in [-0.2, 0) is 11.2 Å². The number of aryl methyl sites for hydroxylation is 1. The van der Waals surface area contributed by atoms with E-state index >= 15 is 0 Å². The summed E-state index contributed by atoms with van der Waals surface area (Å²) in [6.45, 7) is 0. The van der Waals surface area contributed by atoms with Gasteiger partial charge in [-0.2, -0.15) is 4.98 Å². The summed E-state index contributed by atoms with van der Waals surface area (Å²) in [5.41, 5.74) is 0.852. The number of amides is 1. The van der Waals surface area contributed by atoms with Gasteiger partial charge in [0, 0.05) is 36.5 Å². The number of aromatic nitrogens is 2. The van der Waals surface area contributed by atoms with Gasteiger partial charge in [0.05, 0.1) is 0 Å². The monoisotopic (exact) mass is 359 g/mol. The molecule has 2 saturated carbocycles. The zero-order chi connectivity index (χ0) is 17.4. The van der Waals surface area contributed by atoms with E-state index in [4.69, 9.17) is 16.1 Å². The third-order valence-electron chi connectivity index (χ3n) is 5.17. The van der Waals surface area contributed by atoms with Crippen LogP contribution in [0.3, 0.4) is 0 Å². The van der Waals surface area contributed by atoms with Gasteiger partial charge in [0.2, 0.25) is 17.6 Å². The lowest BCUT2D eigenvalue weighted by atomic mass is 10.1. The highest BCUT2D eigenvalue weighted by molar-refractivity contribution is 6.30. The molecule has 0 bridgehead atoms. The van der Waals surface area contributed by atoms with Gasteiger partial charge >= 0.3 is 0 Å². The highest BCUT2D eigenvalue weighted by atomic mass is 35.5. The lowest BCUT2D eigenvalue weighted by Crippen LogP contribution is -2.40. The molecule has 4 rings (SSSR count). The van der Waals surface area contributed by atoms with Gasteiger partial charge in [0.25, 0.3) is 0 Å². The van der Waals surface area contributed by atoms with Crippen LogP contribution in [0.15, 0.2) is 28.8 Å². The Kier molecular flexibility index (Phi) is 4.50. The number of benzene rings is 1. The largest absolute Gasteiger partial charge is 0.342 e. The van der Waals surface area contributed by atoms with Crippen molar-refractivity contribution < 1.29 is 9.32 Å². The lowest BCUT2D eigenvalue weighted by molar-refractivity contribution is -0.132. The molecule has 0 spiro atoms. The number of carbonyl (C=O) groups is 1. The molecule has 0 aliphatic heterocycles. The van der Waals surface area contributed by atoms with E-state index in [2.05, 4.69) is 10.1 Å². The van der Waals surface area contributed by atoms with Crippen molar-refractivity contribution in [1.82, 2.24) is 15.0 Å². The van der Waals surface area contributed by atoms with Gasteiger partial charge in [-0.05, 0) is 61.8 Å². The Morgan fingerprint density at radius 2 is 1.88 bits per heavy atom. The molecular weight excluding hydrogens is 338 g/mol. The molecule has 0 N–H and O–H groups in total. The molecule has 1 amide bonds. The first-order chi connectivity index (χ1) is 12.1. The molecule has 2 aromatic rings. The average molecular weight is 360 g/mol. The first-order valence-corrected chi connectivity index (χ1v) is 9.34. The number of hydrogen-bond acceptors (Lipinski definition) is 4. The van der Waals surface area contributed by atoms with Crippen LogP contribution in [0.25, 0.3) is 11.4 Å². The summed E-state index contributed by atoms with van der Waals surface area (Å²) in [6, 6.07) is 7.74. The smallest absolute Gasteiger partial charge is 0.227 e. The molecule has 0 atom stereocenters. The van der Waals surface area contributed by atoms with Crippen molar-refractivity contribution in [3.05, 3.63) is 35.2 Å². The van der Waals surface area contributed by atoms with Crippen molar-refractivity contribution in [2.45, 2.75) is 44.6 Å². The predicted molar refractivity (Wildman–Crippen MR) is 95.1 cm³/mol. The molecule has 0 saturated heterocycles. The van der Waals surface area contributed by atoms with Crippen LogP contribution in [0.5, 0.6) is 0 Å². The Labute approximate surface area is 152 Å². The minimum atomic E-state index is 0.176. The van der Waals surface area contributed by atoms with Crippen LogP contribution in [-0.4, -0.2) is 34.0 Å². The molecule has 2 fully saturated rings. The molecular formula is C19H22ClN3O2. The van der Waals surface area contributed by atoms with Gasteiger partial charge in [-0.25, -0.2) is 0 Å². The molecule has 2 aliphatic rings. The summed E-state index contributed by atoms with van der Waals surface area (Å²) in [7, 11) is 1.95. The van der Waals surface area contributed by atoms with E-state index in [0.29, 0.717) is 35.6 Å². The fraction of sp³-hybridized carbons (Fsp3) is 0.526. The van der Waals surface area contributed by atoms with E-state index in [1.54, 1.807) is 12.1 Å². The van der Waals surface area contributed by atoms with Crippen LogP contribution in [0.4, 0.5) is 0 Å². The summed E-state index contributed by atoms with van der Waals surface area (Å²) in [5, 5.41) is 4.66. The maximum atomic E-state index is 12.6. The SMILES string of the molecule is CN(C(=O)CCc1nc(-c2ccc(Cl)cc2)no1)C(C1CC1)C1CC1. The molecule has 25 heavy (non-hydrogen) atoms. The zero-order valence-corrected chi connectivity index (χ0v) is 15.1. The van der Waals surface area contributed by atoms with E-state index in [0.717, 1.165) is 17.4 Å². The van der Waals surface area contributed by atoms with Gasteiger partial charge in [-0.3, -0.25) is 4.79 Å². The quantitative estimate of drug-likeness (QED) is 0.750. The Balaban J connectivity index is 1.35. The topological polar surface area (TPSA) is 59.2 Å². The normalized spacial score (nSPS) is 17.1. The second-order valence-electron chi connectivity index (χ2n) is 7.19. The van der Waals surface area contributed by atoms with E-state index < -0.39 is 0 Å². The fourth-order valence-electron chi connectivity index (χ4n) is 3.52. The molecule has 1 heterocycles. The van der Waals surface area contributed by atoms with E-state index in [1.807, 2.05) is 24.1 Å². The minimum Gasteiger partial charge on any atom is -0.342 e. The van der Waals surface area contributed by atoms with Crippen molar-refractivity contribution in [2.24, 2.45) is 11.8 Å². The third-order valence-corrected chi connectivity index (χ3v) is 5.43. The van der Waals surface area contributed by atoms with Crippen LogP contribution in [0.2, 0.25) is 5.02 Å². The Bertz CT molecular complexity index is 738. The van der Waals surface area contributed by atoms with Gasteiger partial charge in [-0.1, -0.05) is 16.8 Å². The standard InChI is InChI=1S/C19H22ClN3O2/c1-23(18(12-2-3-12)13-4-5-13)17(24)11-10-16-21-19(22-25-16)14-6-8-15(20)9-7-14/h6-9,12-13,18H,2-5,10-11H2,1H3. The van der Waals surface area contributed by atoms with Crippen molar-refractivity contribution >= 4 is 17.5 Å². The number of nitrogens with zero attached hydrogens (tertiary/aromatic N) is 3. The van der Waals surface area contributed by atoms with Crippen molar-refractivity contribution in [2.75, 3.05) is 7.05 Å². The van der Waals surface area contributed by atoms with Gasteiger partial charge in [-0.15, -0.1) is 0 Å². The fourth-order valence-corrected chi connectivity index (χ4v) is 3.65. The molecule has 6 heteroatoms. The Morgan fingerprint density at radius 1 is 1.24 bits per heavy atom. The second-order valence-corrected chi connectivity index (χ2v) is 7.63. The van der Waals surface area contributed by atoms with E-state index in [1.165, 1.54) is 25.7 Å². The maximum Gasteiger partial charge on any atom is 0.227 e. The molecule has 0 unspecified atom stereocenters. The molecule has 5 nitrogen and oxygen atoms in total. The maximum absolute atomic E-state index is 12.6. The highest BCUT2D eigenvalue weighted by Crippen LogP contribution is 2.46. The zero-order valence-electron chi connectivity index (χ0n) is 14.3. The summed E-state index contributed by atoms with van der Waals surface area (Å²) >= 11 is 5.89. The summed E-state index contributed by atoms with van der Waals surface area (Å²) in [5.74, 6) is 2.65. The lowest BCUT2D eigenvalue weighted by Gasteiger charge is -2.28. The molecule has 1 aromatic heterocycles. The Hall–Kier alpha value is -1.88. The van der Waals surface area contributed by atoms with Gasteiger partial charge < -0.3 is 9.42 Å². The molecule has 2 aliphatic carbocycles. The number of rotatable bonds is 7. The van der Waals surface area contributed by atoms with Crippen molar-refractivity contribution in [3.63, 3.8) is 0 Å². The summed E-state index contributed by atoms with van der Waals surface area (Å²) in [6.07, 6.45) is 5.97. The molecule has 1 aromatic carbocycles. The summed E-state index contributed by atoms with van der Waals surface area (Å²) in [4.78, 5) is 18.9. The van der Waals surface area contributed by atoms with Gasteiger partial charge in [0.15, 0.2) is 0 Å². The van der Waals surface area contributed by atoms with Crippen molar-refractivity contribution in [1.29, 1.82) is 0 Å². The van der Waals surface area contributed by atoms with Crippen LogP contribution in [0, 0.1) is 11.8 Å². The van der Waals surface area contributed by atoms with Crippen LogP contribution < -0.4 is 0 Å². The van der Waals surface area contributed by atoms with Crippen LogP contribution in [0.1, 0.15) is 38.0 Å². The summed E-state index contributed by atoms with van der Waals surface area (Å²) < 4.78 is 5.29. The Morgan fingerprint density at radius 3 is 2.48 bits per heavy atom. The van der Waals surface area contributed by atoms with E-state index in [-0.39, 0.29) is 5.91 Å². The average Bonchev–Trinajstić information content (AvgIpc) is 3.55. The number of halogens is 1. The van der Waals surface area contributed by atoms with E-state index in [9.17, 15) is 4.79 Å². The van der Waals surface area contributed by atoms with Crippen LogP contribution >= 0.6 is 11.6 Å². The number of hydrogen-bond donors (Lipinski definition) is 0. The van der Waals surface area contributed by atoms with Gasteiger partial charge in [0.1, 0.15) is 0 Å². The number of carbonyl (C=O) groups excluding carboxylic acids is 1. The molecule has 132 valence electrons. The second kappa shape index (κ2) is 6.79. The molecule has 0 radical (unpaired) electrons. The predicted octanol–water partition coefficient (Wildman–Crippen LogP) is 3.97. The first kappa shape index (κ1) is 16.6. The highest BCUT2D eigenvalue weighted by Gasteiger charge is 2.44. The first-order valence-electron chi connectivity index (χ1n) is 8.96. The minimum absolute atomic E-state index is 0.176. The third kappa shape index (κ3) is 3.87. The van der Waals surface area contributed by atoms with Crippen molar-refractivity contribution in [3.8, 4) is 11.4 Å².